The highest BCUT2D eigenvalue weighted by Gasteiger charge is 2.24. The predicted octanol–water partition coefficient (Wildman–Crippen LogP) is 7.04. The molecule has 0 saturated heterocycles. The lowest BCUT2D eigenvalue weighted by Gasteiger charge is -2.08. The van der Waals surface area contributed by atoms with Crippen LogP contribution in [-0.4, -0.2) is 174 Å². The van der Waals surface area contributed by atoms with Crippen LogP contribution in [0.3, 0.4) is 0 Å². The number of rotatable bonds is 28. The zero-order valence-corrected chi connectivity index (χ0v) is 40.8. The molecule has 5 heterocycles. The van der Waals surface area contributed by atoms with Crippen molar-refractivity contribution in [3.05, 3.63) is 72.8 Å². The SMILES string of the molecule is COCCOCCOc1ccc2c(c1)-c1nc-2nc2[nH]c(nc3nc(nc4[nH]c(n1)c1ccc(OCCOCCOC)cc41)-c1ccc(OCCOCCOC)cc1-3)c1ccc(OCCOCCOC)cc21. The molecule has 2 aliphatic heterocycles. The van der Waals surface area contributed by atoms with Crippen LogP contribution in [-0.2, 0) is 37.9 Å². The summed E-state index contributed by atoms with van der Waals surface area (Å²) in [5, 5.41) is 3.04. The highest BCUT2D eigenvalue weighted by molar-refractivity contribution is 6.07. The molecule has 0 radical (unpaired) electrons. The average molecular weight is 987 g/mol. The second kappa shape index (κ2) is 25.0. The molecule has 20 nitrogen and oxygen atoms in total. The molecule has 0 spiro atoms. The molecule has 0 saturated carbocycles. The van der Waals surface area contributed by atoms with E-state index in [0.29, 0.717) is 175 Å². The van der Waals surface area contributed by atoms with Crippen molar-refractivity contribution in [2.24, 2.45) is 0 Å². The fourth-order valence-corrected chi connectivity index (χ4v) is 7.92. The lowest BCUT2D eigenvalue weighted by atomic mass is 10.1. The van der Waals surface area contributed by atoms with Gasteiger partial charge in [0.15, 0.2) is 23.3 Å². The van der Waals surface area contributed by atoms with Crippen LogP contribution in [0.15, 0.2) is 72.8 Å². The van der Waals surface area contributed by atoms with Gasteiger partial charge in [0.25, 0.3) is 0 Å². The van der Waals surface area contributed by atoms with Crippen molar-refractivity contribution in [3.8, 4) is 68.5 Å². The maximum atomic E-state index is 6.17. The fourth-order valence-electron chi connectivity index (χ4n) is 7.92. The summed E-state index contributed by atoms with van der Waals surface area (Å²) in [7, 11) is 6.55. The zero-order chi connectivity index (χ0) is 49.5. The van der Waals surface area contributed by atoms with Gasteiger partial charge in [0.2, 0.25) is 0 Å². The molecule has 2 aliphatic rings. The summed E-state index contributed by atoms with van der Waals surface area (Å²) in [6, 6.07) is 23.0. The molecular formula is C52H58N8O12. The maximum Gasteiger partial charge on any atom is 0.164 e. The largest absolute Gasteiger partial charge is 0.491 e. The Morgan fingerprint density at radius 1 is 0.292 bits per heavy atom. The highest BCUT2D eigenvalue weighted by atomic mass is 16.6. The molecule has 0 amide bonds. The van der Waals surface area contributed by atoms with E-state index >= 15 is 0 Å². The van der Waals surface area contributed by atoms with E-state index in [0.717, 1.165) is 43.8 Å². The van der Waals surface area contributed by atoms with Gasteiger partial charge in [-0.1, -0.05) is 0 Å². The van der Waals surface area contributed by atoms with Crippen molar-refractivity contribution in [3.63, 3.8) is 0 Å². The second-order valence-electron chi connectivity index (χ2n) is 16.3. The maximum absolute atomic E-state index is 6.17. The number of methoxy groups -OCH3 is 4. The van der Waals surface area contributed by atoms with Crippen LogP contribution in [0, 0.1) is 0 Å². The Labute approximate surface area is 415 Å². The Morgan fingerprint density at radius 3 is 0.931 bits per heavy atom. The summed E-state index contributed by atoms with van der Waals surface area (Å²) in [6.45, 7) is 6.75. The summed E-state index contributed by atoms with van der Waals surface area (Å²) in [5.41, 5.74) is 4.96. The molecule has 8 bridgehead atoms. The number of aromatic nitrogens is 8. The Kier molecular flexibility index (Phi) is 17.4. The first-order valence-electron chi connectivity index (χ1n) is 23.7. The third-order valence-corrected chi connectivity index (χ3v) is 11.4. The van der Waals surface area contributed by atoms with E-state index in [-0.39, 0.29) is 0 Å². The summed E-state index contributed by atoms with van der Waals surface area (Å²) in [6.07, 6.45) is 0. The van der Waals surface area contributed by atoms with Crippen LogP contribution < -0.4 is 18.9 Å². The molecule has 20 heteroatoms. The fraction of sp³-hybridized carbons (Fsp3) is 0.385. The van der Waals surface area contributed by atoms with Gasteiger partial charge in [-0.15, -0.1) is 0 Å². The molecule has 378 valence electrons. The first-order chi connectivity index (χ1) is 35.5. The van der Waals surface area contributed by atoms with Gasteiger partial charge in [-0.3, -0.25) is 0 Å². The Morgan fingerprint density at radius 2 is 0.583 bits per heavy atom. The standard InChI is InChI=1S/C52H58N8O12/c1-61-13-17-65-21-25-69-33-5-9-37-41(29-33)49-53-45(37)58-50-43-31-35(71-27-23-67-19-15-63-3)7-11-39(43)47(55-50)60-52-44-32-36(72-28-24-68-20-16-64-4)8-12-40(44)48(56-52)59-51-42-30-34(70-26-22-66-18-14-62-2)6-10-38(42)46(54-51)57-49/h5-12,29-32H,13-28H2,1-4H3,(H2,53,54,55,56,57,58,59,60). The van der Waals surface area contributed by atoms with Crippen LogP contribution in [0.2, 0.25) is 0 Å². The van der Waals surface area contributed by atoms with E-state index in [1.54, 1.807) is 28.4 Å². The number of nitrogens with one attached hydrogen (secondary N) is 2. The van der Waals surface area contributed by atoms with E-state index in [1.807, 2.05) is 72.8 Å². The number of ether oxygens (including phenoxy) is 12. The minimum Gasteiger partial charge on any atom is -0.491 e. The van der Waals surface area contributed by atoms with Gasteiger partial charge < -0.3 is 66.8 Å². The Hall–Kier alpha value is -6.88. The quantitative estimate of drug-likeness (QED) is 0.0470. The van der Waals surface area contributed by atoms with Gasteiger partial charge in [0.1, 0.15) is 72.0 Å². The van der Waals surface area contributed by atoms with Gasteiger partial charge >= 0.3 is 0 Å². The summed E-state index contributed by atoms with van der Waals surface area (Å²) in [4.78, 5) is 38.1. The molecule has 2 N–H and O–H groups in total. The van der Waals surface area contributed by atoms with Crippen molar-refractivity contribution in [1.29, 1.82) is 0 Å². The van der Waals surface area contributed by atoms with Gasteiger partial charge in [-0.25, -0.2) is 29.9 Å². The second-order valence-corrected chi connectivity index (χ2v) is 16.3. The van der Waals surface area contributed by atoms with Crippen molar-refractivity contribution >= 4 is 44.1 Å². The number of aromatic amines is 2. The smallest absolute Gasteiger partial charge is 0.164 e. The minimum atomic E-state index is 0.331. The minimum absolute atomic E-state index is 0.331. The van der Waals surface area contributed by atoms with Gasteiger partial charge in [0, 0.05) is 72.2 Å². The molecule has 0 fully saturated rings. The molecule has 0 aliphatic carbocycles. The molecule has 0 unspecified atom stereocenters. The lowest BCUT2D eigenvalue weighted by molar-refractivity contribution is 0.0544. The highest BCUT2D eigenvalue weighted by Crippen LogP contribution is 2.40. The van der Waals surface area contributed by atoms with E-state index in [1.165, 1.54) is 0 Å². The lowest BCUT2D eigenvalue weighted by Crippen LogP contribution is -2.10. The zero-order valence-electron chi connectivity index (χ0n) is 40.8. The number of hydrogen-bond donors (Lipinski definition) is 2. The Balaban J connectivity index is 1.20. The van der Waals surface area contributed by atoms with Crippen molar-refractivity contribution in [1.82, 2.24) is 39.9 Å². The van der Waals surface area contributed by atoms with E-state index in [9.17, 15) is 0 Å². The van der Waals surface area contributed by atoms with E-state index in [2.05, 4.69) is 9.97 Å². The number of H-pyrrole nitrogens is 2. The summed E-state index contributed by atoms with van der Waals surface area (Å²) >= 11 is 0. The third kappa shape index (κ3) is 12.2. The normalized spacial score (nSPS) is 11.8. The molecule has 9 rings (SSSR count). The first-order valence-corrected chi connectivity index (χ1v) is 23.7. The average Bonchev–Trinajstić information content (AvgIpc) is 4.13. The summed E-state index contributed by atoms with van der Waals surface area (Å²) < 4.78 is 67.7. The van der Waals surface area contributed by atoms with Crippen LogP contribution >= 0.6 is 0 Å². The molecule has 0 atom stereocenters. The van der Waals surface area contributed by atoms with Gasteiger partial charge in [-0.2, -0.15) is 0 Å². The summed E-state index contributed by atoms with van der Waals surface area (Å²) in [5.74, 6) is 4.16. The van der Waals surface area contributed by atoms with E-state index in [4.69, 9.17) is 86.7 Å². The van der Waals surface area contributed by atoms with Crippen LogP contribution in [0.5, 0.6) is 23.0 Å². The third-order valence-electron chi connectivity index (χ3n) is 11.4. The number of hydrogen-bond acceptors (Lipinski definition) is 18. The van der Waals surface area contributed by atoms with Gasteiger partial charge in [-0.05, 0) is 72.8 Å². The number of fused-ring (bicyclic) bond motifs is 20. The topological polar surface area (TPSA) is 220 Å². The molecular weight excluding hydrogens is 929 g/mol. The predicted molar refractivity (Wildman–Crippen MR) is 269 cm³/mol. The van der Waals surface area contributed by atoms with Crippen LogP contribution in [0.1, 0.15) is 0 Å². The number of benzene rings is 4. The Bertz CT molecular complexity index is 2910. The first kappa shape index (κ1) is 50.1. The van der Waals surface area contributed by atoms with Gasteiger partial charge in [0.05, 0.1) is 79.3 Å². The monoisotopic (exact) mass is 986 g/mol. The van der Waals surface area contributed by atoms with Crippen LogP contribution in [0.4, 0.5) is 0 Å². The van der Waals surface area contributed by atoms with Crippen molar-refractivity contribution in [2.75, 3.05) is 134 Å². The van der Waals surface area contributed by atoms with Crippen LogP contribution in [0.25, 0.3) is 89.7 Å². The van der Waals surface area contributed by atoms with Crippen molar-refractivity contribution in [2.45, 2.75) is 0 Å². The molecule has 4 aromatic carbocycles. The van der Waals surface area contributed by atoms with E-state index < -0.39 is 0 Å². The molecule has 7 aromatic rings. The van der Waals surface area contributed by atoms with Crippen molar-refractivity contribution < 1.29 is 56.8 Å². The molecule has 3 aromatic heterocycles. The number of nitrogens with zero attached hydrogens (tertiary/aromatic N) is 6. The molecule has 72 heavy (non-hydrogen) atoms.